The summed E-state index contributed by atoms with van der Waals surface area (Å²) < 4.78 is 48.0. The third kappa shape index (κ3) is 3.71. The van der Waals surface area contributed by atoms with Crippen LogP contribution in [0.2, 0.25) is 0 Å². The summed E-state index contributed by atoms with van der Waals surface area (Å²) in [6.45, 7) is 6.37. The van der Waals surface area contributed by atoms with E-state index in [9.17, 15) is 22.8 Å². The summed E-state index contributed by atoms with van der Waals surface area (Å²) in [7, 11) is 0. The van der Waals surface area contributed by atoms with Crippen LogP contribution in [0.4, 0.5) is 13.2 Å². The third-order valence-electron chi connectivity index (χ3n) is 7.30. The number of carbonyl (C=O) groups excluding carboxylic acids is 2. The van der Waals surface area contributed by atoms with Crippen molar-refractivity contribution in [1.29, 1.82) is 0 Å². The Balaban J connectivity index is 1.43. The lowest BCUT2D eigenvalue weighted by Gasteiger charge is -2.36. The number of carbonyl (C=O) groups is 2. The van der Waals surface area contributed by atoms with E-state index in [0.717, 1.165) is 23.5 Å². The molecule has 1 aromatic heterocycles. The molecular weight excluding hydrogens is 461 g/mol. The number of ether oxygens (including phenoxy) is 1. The highest BCUT2D eigenvalue weighted by atomic mass is 19.4. The van der Waals surface area contributed by atoms with Crippen molar-refractivity contribution in [2.24, 2.45) is 0 Å². The molecule has 2 aliphatic heterocycles. The highest BCUT2D eigenvalue weighted by Gasteiger charge is 2.73. The summed E-state index contributed by atoms with van der Waals surface area (Å²) in [5.41, 5.74) is 0.235. The van der Waals surface area contributed by atoms with Crippen molar-refractivity contribution in [3.8, 4) is 5.75 Å². The maximum Gasteiger partial charge on any atom is 0.416 e. The van der Waals surface area contributed by atoms with Crippen molar-refractivity contribution in [1.82, 2.24) is 19.4 Å². The smallest absolute Gasteiger partial charge is 0.416 e. The Hall–Kier alpha value is -3.56. The van der Waals surface area contributed by atoms with Crippen molar-refractivity contribution in [2.75, 3.05) is 19.6 Å². The Morgan fingerprint density at radius 2 is 2.06 bits per heavy atom. The first-order valence-corrected chi connectivity index (χ1v) is 11.3. The van der Waals surface area contributed by atoms with Gasteiger partial charge < -0.3 is 19.1 Å². The second kappa shape index (κ2) is 7.73. The third-order valence-corrected chi connectivity index (χ3v) is 7.30. The van der Waals surface area contributed by atoms with Gasteiger partial charge in [0.2, 0.25) is 6.41 Å². The molecule has 1 saturated carbocycles. The van der Waals surface area contributed by atoms with Crippen LogP contribution in [0.15, 0.2) is 48.6 Å². The van der Waals surface area contributed by atoms with Gasteiger partial charge in [0.15, 0.2) is 0 Å². The molecule has 3 heterocycles. The van der Waals surface area contributed by atoms with Crippen LogP contribution < -0.4 is 4.74 Å². The molecule has 10 heteroatoms. The molecule has 3 aliphatic rings. The fraction of sp³-hybridized carbons (Fsp3) is 0.400. The molecule has 1 saturated heterocycles. The molecule has 5 rings (SSSR count). The number of piperazine rings is 1. The van der Waals surface area contributed by atoms with E-state index in [2.05, 4.69) is 4.98 Å². The van der Waals surface area contributed by atoms with Crippen molar-refractivity contribution >= 4 is 18.0 Å². The number of aryl methyl sites for hydroxylation is 1. The van der Waals surface area contributed by atoms with Crippen molar-refractivity contribution in [3.63, 3.8) is 0 Å². The largest absolute Gasteiger partial charge is 0.486 e. The van der Waals surface area contributed by atoms with Crippen LogP contribution in [-0.4, -0.2) is 56.9 Å². The zero-order valence-corrected chi connectivity index (χ0v) is 19.6. The molecular formula is C25H25F3N4O3. The second-order valence-electron chi connectivity index (χ2n) is 9.61. The summed E-state index contributed by atoms with van der Waals surface area (Å²) in [6.07, 6.45) is 3.50. The number of allylic oxidation sites excluding steroid dienone is 3. The molecule has 2 atom stereocenters. The predicted molar refractivity (Wildman–Crippen MR) is 121 cm³/mol. The number of benzene rings is 1. The minimum atomic E-state index is -4.47. The topological polar surface area (TPSA) is 67.7 Å². The van der Waals surface area contributed by atoms with E-state index in [4.69, 9.17) is 4.74 Å². The minimum absolute atomic E-state index is 0.212. The van der Waals surface area contributed by atoms with Gasteiger partial charge in [-0.2, -0.15) is 13.2 Å². The van der Waals surface area contributed by atoms with Crippen LogP contribution in [0.1, 0.15) is 37.1 Å². The fourth-order valence-electron chi connectivity index (χ4n) is 5.15. The zero-order valence-electron chi connectivity index (χ0n) is 19.6. The van der Waals surface area contributed by atoms with Gasteiger partial charge in [-0.25, -0.2) is 4.98 Å². The van der Waals surface area contributed by atoms with Crippen LogP contribution >= 0.6 is 0 Å². The molecule has 2 amide bonds. The highest BCUT2D eigenvalue weighted by Crippen LogP contribution is 2.67. The van der Waals surface area contributed by atoms with Gasteiger partial charge in [-0.3, -0.25) is 9.59 Å². The van der Waals surface area contributed by atoms with E-state index in [-0.39, 0.29) is 24.7 Å². The first-order valence-electron chi connectivity index (χ1n) is 11.3. The van der Waals surface area contributed by atoms with Crippen LogP contribution in [0, 0.1) is 6.92 Å². The van der Waals surface area contributed by atoms with E-state index in [1.165, 1.54) is 11.0 Å². The van der Waals surface area contributed by atoms with Gasteiger partial charge in [0, 0.05) is 43.5 Å². The Bertz CT molecular complexity index is 1280. The van der Waals surface area contributed by atoms with Gasteiger partial charge in [0.1, 0.15) is 17.0 Å². The van der Waals surface area contributed by atoms with E-state index in [1.807, 2.05) is 31.5 Å². The number of hydrogen-bond donors (Lipinski definition) is 0. The van der Waals surface area contributed by atoms with Gasteiger partial charge in [-0.15, -0.1) is 0 Å². The monoisotopic (exact) mass is 486 g/mol. The highest BCUT2D eigenvalue weighted by molar-refractivity contribution is 5.96. The van der Waals surface area contributed by atoms with Gasteiger partial charge in [-0.1, -0.05) is 0 Å². The van der Waals surface area contributed by atoms with E-state index in [0.29, 0.717) is 30.7 Å². The number of fused-ring (bicyclic) bond motifs is 3. The number of hydrogen-bond acceptors (Lipinski definition) is 4. The van der Waals surface area contributed by atoms with E-state index in [1.54, 1.807) is 23.4 Å². The average Bonchev–Trinajstić information content (AvgIpc) is 3.05. The average molecular weight is 486 g/mol. The number of alkyl halides is 3. The van der Waals surface area contributed by atoms with Crippen molar-refractivity contribution < 1.29 is 27.5 Å². The quantitative estimate of drug-likeness (QED) is 0.477. The lowest BCUT2D eigenvalue weighted by molar-refractivity contribution is -0.137. The summed E-state index contributed by atoms with van der Waals surface area (Å²) in [4.78, 5) is 32.2. The van der Waals surface area contributed by atoms with Gasteiger partial charge in [0.25, 0.3) is 5.91 Å². The summed E-state index contributed by atoms with van der Waals surface area (Å²) >= 11 is 0. The fourth-order valence-corrected chi connectivity index (χ4v) is 5.15. The number of amides is 2. The first kappa shape index (κ1) is 23.2. The number of halogens is 3. The first-order chi connectivity index (χ1) is 16.5. The van der Waals surface area contributed by atoms with Crippen LogP contribution in [-0.2, 0) is 21.2 Å². The molecule has 184 valence electrons. The minimum Gasteiger partial charge on any atom is -0.486 e. The number of aromatic nitrogens is 2. The number of nitrogens with zero attached hydrogens (tertiary/aromatic N) is 4. The van der Waals surface area contributed by atoms with Crippen LogP contribution in [0.3, 0.4) is 0 Å². The molecule has 0 spiro atoms. The maximum atomic E-state index is 13.4. The summed E-state index contributed by atoms with van der Waals surface area (Å²) in [6, 6.07) is 3.53. The molecule has 0 bridgehead atoms. The Morgan fingerprint density at radius 3 is 2.71 bits per heavy atom. The molecule has 0 radical (unpaired) electrons. The van der Waals surface area contributed by atoms with Gasteiger partial charge in [-0.05, 0) is 51.1 Å². The maximum absolute atomic E-state index is 13.4. The molecule has 2 fully saturated rings. The van der Waals surface area contributed by atoms with E-state index < -0.39 is 22.8 Å². The molecule has 0 N–H and O–H groups in total. The second-order valence-corrected chi connectivity index (χ2v) is 9.61. The molecule has 1 aliphatic carbocycles. The van der Waals surface area contributed by atoms with Crippen LogP contribution in [0.25, 0.3) is 5.70 Å². The lowest BCUT2D eigenvalue weighted by Crippen LogP contribution is -2.51. The lowest BCUT2D eigenvalue weighted by atomic mass is 9.91. The van der Waals surface area contributed by atoms with Crippen molar-refractivity contribution in [2.45, 2.75) is 44.4 Å². The molecule has 1 aromatic carbocycles. The molecule has 2 unspecified atom stereocenters. The zero-order chi connectivity index (χ0) is 25.2. The molecule has 35 heavy (non-hydrogen) atoms. The molecule has 7 nitrogen and oxygen atoms in total. The standard InChI is InChI=1S/C25H25F3N4O3/c1-16-11-32(14-29-16)17(2)4-6-20-22(34)30(8-9-31(20)15-33)13-24-12-23(24,3)35-21-7-5-18(10-19(21)24)25(26,27)28/h4-7,10-11,14-15H,8-9,12-13H2,1-3H3/b17-4+,20-6-. The SMILES string of the molecule is C/C(=C\C=C1\C(=O)N(CC23CC2(C)Oc2ccc(C(F)(F)F)cc23)CCN1C=O)n1cnc(C)c1. The Labute approximate surface area is 200 Å². The Morgan fingerprint density at radius 1 is 1.29 bits per heavy atom. The van der Waals surface area contributed by atoms with Crippen LogP contribution in [0.5, 0.6) is 5.75 Å². The number of rotatable bonds is 5. The van der Waals surface area contributed by atoms with Gasteiger partial charge >= 0.3 is 6.18 Å². The van der Waals surface area contributed by atoms with Gasteiger partial charge in [0.05, 0.1) is 23.0 Å². The summed E-state index contributed by atoms with van der Waals surface area (Å²) in [5.74, 6) is 0.0777. The normalized spacial score (nSPS) is 27.1. The molecule has 2 aromatic rings. The van der Waals surface area contributed by atoms with Crippen molar-refractivity contribution in [3.05, 3.63) is 65.4 Å². The predicted octanol–water partition coefficient (Wildman–Crippen LogP) is 3.75. The summed E-state index contributed by atoms with van der Waals surface area (Å²) in [5, 5.41) is 0. The Kier molecular flexibility index (Phi) is 5.12. The van der Waals surface area contributed by atoms with E-state index >= 15 is 0 Å². The number of imidazole rings is 1.